The highest BCUT2D eigenvalue weighted by atomic mass is 80.0. The van der Waals surface area contributed by atoms with Crippen molar-refractivity contribution in [3.05, 3.63) is 3.74 Å². The minimum absolute atomic E-state index is 0.672. The van der Waals surface area contributed by atoms with Crippen LogP contribution in [0.5, 0.6) is 0 Å². The summed E-state index contributed by atoms with van der Waals surface area (Å²) < 4.78 is -2.93. The van der Waals surface area contributed by atoms with Gasteiger partial charge >= 0.3 is 0 Å². The lowest BCUT2D eigenvalue weighted by atomic mass is 10.2. The SMILES string of the molecule is Br[C](Br)C(Br)(Br)C(Br)(Br)C(Br)(Br)C(Br)(Br)C(Br)(Br)Br. The minimum atomic E-state index is -0.781. The van der Waals surface area contributed by atoms with Gasteiger partial charge in [-0.1, -0.05) is 207 Å². The van der Waals surface area contributed by atoms with Gasteiger partial charge in [0, 0.05) is 0 Å². The van der Waals surface area contributed by atoms with Crippen molar-refractivity contribution in [2.24, 2.45) is 0 Å². The molecule has 0 saturated heterocycles. The Hall–Kier alpha value is 6.24. The lowest BCUT2D eigenvalue weighted by molar-refractivity contribution is 0.699. The van der Waals surface area contributed by atoms with Gasteiger partial charge in [-0.05, 0) is 0 Å². The fraction of sp³-hybridized carbons (Fsp3) is 0.833. The van der Waals surface area contributed by atoms with E-state index in [1.54, 1.807) is 0 Å². The Bertz CT molecular complexity index is 323. The van der Waals surface area contributed by atoms with E-state index in [2.05, 4.69) is 207 Å². The highest BCUT2D eigenvalue weighted by Gasteiger charge is 2.70. The molecule has 0 spiro atoms. The molecule has 115 valence electrons. The third-order valence-corrected chi connectivity index (χ3v) is 25.6. The zero-order valence-electron chi connectivity index (χ0n) is 7.91. The second-order valence-electron chi connectivity index (χ2n) is 3.06. The molecule has 0 aliphatic heterocycles. The Labute approximate surface area is 221 Å². The van der Waals surface area contributed by atoms with Crippen LogP contribution >= 0.6 is 207 Å². The molecule has 0 saturated carbocycles. The summed E-state index contributed by atoms with van der Waals surface area (Å²) in [7, 11) is 0. The molecule has 0 aliphatic carbocycles. The molecule has 0 heterocycles. The van der Waals surface area contributed by atoms with Gasteiger partial charge in [-0.25, -0.2) is 0 Å². The number of hydrogen-bond donors (Lipinski definition) is 0. The molecule has 0 aromatic carbocycles. The number of rotatable bonds is 4. The standard InChI is InChI=1S/C6Br13/c7-1(8)2(9,10)3(11,12)4(13,14)5(15,16)6(17,18)19. The van der Waals surface area contributed by atoms with Crippen molar-refractivity contribution < 1.29 is 0 Å². The van der Waals surface area contributed by atoms with Gasteiger partial charge in [-0.2, -0.15) is 0 Å². The van der Waals surface area contributed by atoms with E-state index in [1.165, 1.54) is 0 Å². The van der Waals surface area contributed by atoms with Gasteiger partial charge in [-0.15, -0.1) is 0 Å². The van der Waals surface area contributed by atoms with Crippen molar-refractivity contribution in [3.63, 3.8) is 0 Å². The van der Waals surface area contributed by atoms with Crippen molar-refractivity contribution in [3.8, 4) is 0 Å². The maximum Gasteiger partial charge on any atom is 0.162 e. The summed E-state index contributed by atoms with van der Waals surface area (Å²) in [4.78, 5) is 0. The molecule has 0 aromatic rings. The van der Waals surface area contributed by atoms with Crippen molar-refractivity contribution in [1.82, 2.24) is 0 Å². The zero-order valence-corrected chi connectivity index (χ0v) is 28.5. The maximum absolute atomic E-state index is 3.69. The van der Waals surface area contributed by atoms with Crippen LogP contribution in [0.1, 0.15) is 0 Å². The van der Waals surface area contributed by atoms with Crippen LogP contribution < -0.4 is 0 Å². The van der Waals surface area contributed by atoms with Gasteiger partial charge in [0.05, 0.1) is 0 Å². The number of halogens is 13. The largest absolute Gasteiger partial charge is 0.162 e. The monoisotopic (exact) mass is 1100 g/mol. The highest BCUT2D eigenvalue weighted by molar-refractivity contribution is 9.42. The van der Waals surface area contributed by atoms with Gasteiger partial charge in [0.15, 0.2) is 2.14 Å². The molecular weight excluding hydrogens is 1110 g/mol. The topological polar surface area (TPSA) is 0 Å². The molecule has 0 rings (SSSR count). The molecule has 0 nitrogen and oxygen atoms in total. The first-order valence-corrected chi connectivity index (χ1v) is 14.0. The molecule has 13 heteroatoms. The molecular formula is C6Br13. The van der Waals surface area contributed by atoms with E-state index >= 15 is 0 Å². The first kappa shape index (κ1) is 25.2. The van der Waals surface area contributed by atoms with Gasteiger partial charge in [0.2, 0.25) is 0 Å². The fourth-order valence-corrected chi connectivity index (χ4v) is 10.3. The first-order chi connectivity index (χ1) is 7.94. The first-order valence-electron chi connectivity index (χ1n) is 3.71. The van der Waals surface area contributed by atoms with E-state index < -0.39 is 15.1 Å². The van der Waals surface area contributed by atoms with Crippen LogP contribution in [-0.2, 0) is 0 Å². The average Bonchev–Trinajstić information content (AvgIpc) is 2.14. The summed E-state index contributed by atoms with van der Waals surface area (Å²) in [5.74, 6) is 0. The van der Waals surface area contributed by atoms with Crippen LogP contribution in [0.4, 0.5) is 0 Å². The molecule has 0 unspecified atom stereocenters. The summed E-state index contributed by atoms with van der Waals surface area (Å²) in [6, 6.07) is 0. The molecule has 19 heavy (non-hydrogen) atoms. The lowest BCUT2D eigenvalue weighted by Gasteiger charge is -2.51. The van der Waals surface area contributed by atoms with Crippen LogP contribution in [0.3, 0.4) is 0 Å². The Morgan fingerprint density at radius 3 is 1.00 bits per heavy atom. The number of hydrogen-bond acceptors (Lipinski definition) is 0. The molecule has 0 aliphatic rings. The lowest BCUT2D eigenvalue weighted by Crippen LogP contribution is -2.60. The molecule has 0 aromatic heterocycles. The van der Waals surface area contributed by atoms with E-state index in [1.807, 2.05) is 0 Å². The molecule has 0 fully saturated rings. The summed E-state index contributed by atoms with van der Waals surface area (Å²) in [5.41, 5.74) is 0. The van der Waals surface area contributed by atoms with Gasteiger partial charge < -0.3 is 0 Å². The smallest absolute Gasteiger partial charge is 0.0675 e. The Morgan fingerprint density at radius 1 is 0.474 bits per heavy atom. The fourth-order valence-electron chi connectivity index (χ4n) is 0.691. The molecule has 0 N–H and O–H groups in total. The summed E-state index contributed by atoms with van der Waals surface area (Å²) in [6.07, 6.45) is 0. The second kappa shape index (κ2) is 8.50. The highest BCUT2D eigenvalue weighted by Crippen LogP contribution is 2.73. The molecule has 0 amide bonds. The summed E-state index contributed by atoms with van der Waals surface area (Å²) >= 11 is 46.6. The van der Waals surface area contributed by atoms with Crippen LogP contribution in [0, 0.1) is 3.74 Å². The van der Waals surface area contributed by atoms with Crippen molar-refractivity contribution in [1.29, 1.82) is 0 Å². The van der Waals surface area contributed by atoms with Gasteiger partial charge in [-0.3, -0.25) is 0 Å². The van der Waals surface area contributed by atoms with Gasteiger partial charge in [0.1, 0.15) is 16.7 Å². The van der Waals surface area contributed by atoms with E-state index in [-0.39, 0.29) is 0 Å². The molecule has 0 atom stereocenters. The van der Waals surface area contributed by atoms with E-state index in [0.29, 0.717) is 0 Å². The second-order valence-corrected chi connectivity index (χ2v) is 26.2. The van der Waals surface area contributed by atoms with Crippen LogP contribution in [0.15, 0.2) is 0 Å². The normalized spacial score (nSPS) is 16.1. The zero-order chi connectivity index (χ0) is 16.1. The molecule has 0 bridgehead atoms. The maximum atomic E-state index is 3.69. The Kier molecular flexibility index (Phi) is 11.3. The average molecular weight is 1110 g/mol. The summed E-state index contributed by atoms with van der Waals surface area (Å²) in [5, 5.41) is 0. The van der Waals surface area contributed by atoms with E-state index in [0.717, 1.165) is 3.74 Å². The Morgan fingerprint density at radius 2 is 0.789 bits per heavy atom. The van der Waals surface area contributed by atoms with Crippen molar-refractivity contribution in [2.75, 3.05) is 0 Å². The van der Waals surface area contributed by atoms with E-state index in [4.69, 9.17) is 0 Å². The van der Waals surface area contributed by atoms with Crippen molar-refractivity contribution >= 4 is 207 Å². The Balaban J connectivity index is 5.92. The van der Waals surface area contributed by atoms with Crippen LogP contribution in [0.2, 0.25) is 0 Å². The van der Waals surface area contributed by atoms with Crippen LogP contribution in [-0.4, -0.2) is 15.1 Å². The van der Waals surface area contributed by atoms with Gasteiger partial charge in [0.25, 0.3) is 0 Å². The minimum Gasteiger partial charge on any atom is -0.0675 e. The third-order valence-electron chi connectivity index (χ3n) is 1.78. The number of alkyl halides is 11. The van der Waals surface area contributed by atoms with E-state index in [9.17, 15) is 0 Å². The quantitative estimate of drug-likeness (QED) is 0.246. The van der Waals surface area contributed by atoms with Crippen LogP contribution in [0.25, 0.3) is 0 Å². The summed E-state index contributed by atoms with van der Waals surface area (Å²) in [6.45, 7) is 0. The van der Waals surface area contributed by atoms with Crippen molar-refractivity contribution in [2.45, 2.75) is 15.1 Å². The predicted octanol–water partition coefficient (Wildman–Crippen LogP) is 10.0. The third kappa shape index (κ3) is 5.15. The predicted molar refractivity (Wildman–Crippen MR) is 133 cm³/mol. The molecule has 1 radical (unpaired) electrons.